The van der Waals surface area contributed by atoms with Gasteiger partial charge in [-0.3, -0.25) is 4.90 Å². The summed E-state index contributed by atoms with van der Waals surface area (Å²) in [6, 6.07) is 7.71. The lowest BCUT2D eigenvalue weighted by Gasteiger charge is -2.28. The summed E-state index contributed by atoms with van der Waals surface area (Å²) in [6.07, 6.45) is -0.400. The van der Waals surface area contributed by atoms with Crippen LogP contribution in [-0.2, 0) is 4.74 Å². The lowest BCUT2D eigenvalue weighted by atomic mass is 10.2. The number of methoxy groups -OCH3 is 1. The number of morpholine rings is 1. The number of anilines is 1. The van der Waals surface area contributed by atoms with Crippen LogP contribution in [0.15, 0.2) is 24.3 Å². The van der Waals surface area contributed by atoms with E-state index >= 15 is 0 Å². The van der Waals surface area contributed by atoms with E-state index in [1.165, 1.54) is 0 Å². The second kappa shape index (κ2) is 7.33. The third-order valence-corrected chi connectivity index (χ3v) is 3.21. The van der Waals surface area contributed by atoms with E-state index in [9.17, 15) is 5.11 Å². The molecule has 2 rings (SSSR count). The number of aliphatic hydroxyl groups is 1. The summed E-state index contributed by atoms with van der Waals surface area (Å²) >= 11 is 0. The van der Waals surface area contributed by atoms with E-state index in [1.54, 1.807) is 7.11 Å². The van der Waals surface area contributed by atoms with Crippen molar-refractivity contribution >= 4 is 5.69 Å². The number of rotatable bonds is 6. The van der Waals surface area contributed by atoms with Gasteiger partial charge < -0.3 is 19.9 Å². The average Bonchev–Trinajstić information content (AvgIpc) is 2.46. The van der Waals surface area contributed by atoms with Crippen molar-refractivity contribution < 1.29 is 14.6 Å². The molecule has 1 saturated heterocycles. The second-order valence-electron chi connectivity index (χ2n) is 4.65. The number of β-amino-alcohol motifs (C(OH)–C–C–N with tert-alkyl or cyclic N) is 1. The van der Waals surface area contributed by atoms with Gasteiger partial charge in [0.15, 0.2) is 0 Å². The molecule has 0 aliphatic carbocycles. The standard InChI is InChI=1S/C14H22N2O3/c1-18-14-5-3-2-4-13(14)15-10-12(17)11-16-6-8-19-9-7-16/h2-5,12,15,17H,6-11H2,1H3. The summed E-state index contributed by atoms with van der Waals surface area (Å²) in [7, 11) is 1.64. The highest BCUT2D eigenvalue weighted by molar-refractivity contribution is 5.56. The second-order valence-corrected chi connectivity index (χ2v) is 4.65. The number of nitrogens with one attached hydrogen (secondary N) is 1. The van der Waals surface area contributed by atoms with Gasteiger partial charge in [-0.25, -0.2) is 0 Å². The Morgan fingerprint density at radius 3 is 2.84 bits per heavy atom. The third kappa shape index (κ3) is 4.38. The molecule has 5 heteroatoms. The molecule has 1 aliphatic rings. The fourth-order valence-electron chi connectivity index (χ4n) is 2.16. The lowest BCUT2D eigenvalue weighted by Crippen LogP contribution is -2.42. The average molecular weight is 266 g/mol. The highest BCUT2D eigenvalue weighted by Crippen LogP contribution is 2.22. The minimum atomic E-state index is -0.400. The van der Waals surface area contributed by atoms with E-state index in [0.29, 0.717) is 13.1 Å². The van der Waals surface area contributed by atoms with Gasteiger partial charge in [0, 0.05) is 26.2 Å². The van der Waals surface area contributed by atoms with E-state index < -0.39 is 6.10 Å². The molecule has 0 spiro atoms. The Bertz CT molecular complexity index is 381. The van der Waals surface area contributed by atoms with E-state index in [4.69, 9.17) is 9.47 Å². The van der Waals surface area contributed by atoms with Crippen LogP contribution in [0.4, 0.5) is 5.69 Å². The maximum absolute atomic E-state index is 10.0. The van der Waals surface area contributed by atoms with Crippen molar-refractivity contribution in [3.05, 3.63) is 24.3 Å². The quantitative estimate of drug-likeness (QED) is 0.797. The smallest absolute Gasteiger partial charge is 0.141 e. The molecule has 19 heavy (non-hydrogen) atoms. The van der Waals surface area contributed by atoms with Crippen molar-refractivity contribution in [1.82, 2.24) is 4.90 Å². The molecular weight excluding hydrogens is 244 g/mol. The van der Waals surface area contributed by atoms with Gasteiger partial charge in [-0.1, -0.05) is 12.1 Å². The highest BCUT2D eigenvalue weighted by atomic mass is 16.5. The van der Waals surface area contributed by atoms with Gasteiger partial charge in [0.1, 0.15) is 5.75 Å². The van der Waals surface area contributed by atoms with Crippen LogP contribution in [0.5, 0.6) is 5.75 Å². The van der Waals surface area contributed by atoms with Crippen molar-refractivity contribution in [3.63, 3.8) is 0 Å². The van der Waals surface area contributed by atoms with Crippen molar-refractivity contribution in [2.24, 2.45) is 0 Å². The Morgan fingerprint density at radius 2 is 2.11 bits per heavy atom. The van der Waals surface area contributed by atoms with Gasteiger partial charge >= 0.3 is 0 Å². The third-order valence-electron chi connectivity index (χ3n) is 3.21. The zero-order valence-electron chi connectivity index (χ0n) is 11.3. The van der Waals surface area contributed by atoms with Gasteiger partial charge in [0.25, 0.3) is 0 Å². The van der Waals surface area contributed by atoms with Crippen molar-refractivity contribution in [3.8, 4) is 5.75 Å². The molecule has 0 radical (unpaired) electrons. The van der Waals surface area contributed by atoms with Crippen LogP contribution in [0.25, 0.3) is 0 Å². The molecule has 0 amide bonds. The topological polar surface area (TPSA) is 54.0 Å². The van der Waals surface area contributed by atoms with Gasteiger partial charge in [-0.2, -0.15) is 0 Å². The predicted octanol–water partition coefficient (Wildman–Crippen LogP) is 0.800. The summed E-state index contributed by atoms with van der Waals surface area (Å²) in [5, 5.41) is 13.3. The molecular formula is C14H22N2O3. The minimum Gasteiger partial charge on any atom is -0.495 e. The monoisotopic (exact) mass is 266 g/mol. The van der Waals surface area contributed by atoms with Gasteiger partial charge in [0.05, 0.1) is 32.1 Å². The minimum absolute atomic E-state index is 0.400. The molecule has 0 aromatic heterocycles. The highest BCUT2D eigenvalue weighted by Gasteiger charge is 2.14. The van der Waals surface area contributed by atoms with Crippen molar-refractivity contribution in [1.29, 1.82) is 0 Å². The zero-order valence-corrected chi connectivity index (χ0v) is 11.3. The van der Waals surface area contributed by atoms with Crippen LogP contribution in [0.3, 0.4) is 0 Å². The van der Waals surface area contributed by atoms with Crippen LogP contribution in [0.1, 0.15) is 0 Å². The van der Waals surface area contributed by atoms with E-state index in [0.717, 1.165) is 37.7 Å². The Kier molecular flexibility index (Phi) is 5.44. The number of ether oxygens (including phenoxy) is 2. The molecule has 2 N–H and O–H groups in total. The first kappa shape index (κ1) is 14.1. The molecule has 1 aromatic rings. The first-order valence-corrected chi connectivity index (χ1v) is 6.64. The van der Waals surface area contributed by atoms with E-state index in [2.05, 4.69) is 10.2 Å². The summed E-state index contributed by atoms with van der Waals surface area (Å²) in [4.78, 5) is 2.22. The normalized spacial score (nSPS) is 18.0. The number of para-hydroxylation sites is 2. The van der Waals surface area contributed by atoms with Crippen LogP contribution in [-0.4, -0.2) is 62.6 Å². The maximum Gasteiger partial charge on any atom is 0.141 e. The number of aliphatic hydroxyl groups excluding tert-OH is 1. The molecule has 1 heterocycles. The molecule has 1 unspecified atom stereocenters. The Labute approximate surface area is 114 Å². The molecule has 1 fully saturated rings. The molecule has 5 nitrogen and oxygen atoms in total. The fraction of sp³-hybridized carbons (Fsp3) is 0.571. The largest absolute Gasteiger partial charge is 0.495 e. The molecule has 0 saturated carbocycles. The Morgan fingerprint density at radius 1 is 1.37 bits per heavy atom. The van der Waals surface area contributed by atoms with Gasteiger partial charge in [-0.05, 0) is 12.1 Å². The summed E-state index contributed by atoms with van der Waals surface area (Å²) in [5.41, 5.74) is 0.908. The zero-order chi connectivity index (χ0) is 13.5. The molecule has 1 atom stereocenters. The SMILES string of the molecule is COc1ccccc1NCC(O)CN1CCOCC1. The maximum atomic E-state index is 10.0. The van der Waals surface area contributed by atoms with Crippen molar-refractivity contribution in [2.45, 2.75) is 6.10 Å². The van der Waals surface area contributed by atoms with Crippen LogP contribution in [0, 0.1) is 0 Å². The van der Waals surface area contributed by atoms with Crippen molar-refractivity contribution in [2.75, 3.05) is 51.8 Å². The fourth-order valence-corrected chi connectivity index (χ4v) is 2.16. The van der Waals surface area contributed by atoms with E-state index in [1.807, 2.05) is 24.3 Å². The van der Waals surface area contributed by atoms with Crippen LogP contribution < -0.4 is 10.1 Å². The first-order chi connectivity index (χ1) is 9.29. The number of hydrogen-bond acceptors (Lipinski definition) is 5. The Hall–Kier alpha value is -1.30. The predicted molar refractivity (Wildman–Crippen MR) is 74.7 cm³/mol. The number of hydrogen-bond donors (Lipinski definition) is 2. The number of nitrogens with zero attached hydrogens (tertiary/aromatic N) is 1. The summed E-state index contributed by atoms with van der Waals surface area (Å²) in [6.45, 7) is 4.49. The molecule has 0 bridgehead atoms. The van der Waals surface area contributed by atoms with Crippen LogP contribution in [0.2, 0.25) is 0 Å². The molecule has 106 valence electrons. The van der Waals surface area contributed by atoms with Gasteiger partial charge in [-0.15, -0.1) is 0 Å². The van der Waals surface area contributed by atoms with E-state index in [-0.39, 0.29) is 0 Å². The number of benzene rings is 1. The lowest BCUT2D eigenvalue weighted by molar-refractivity contribution is 0.0171. The molecule has 1 aliphatic heterocycles. The summed E-state index contributed by atoms with van der Waals surface area (Å²) < 4.78 is 10.5. The van der Waals surface area contributed by atoms with Crippen LogP contribution >= 0.6 is 0 Å². The van der Waals surface area contributed by atoms with Gasteiger partial charge in [0.2, 0.25) is 0 Å². The summed E-state index contributed by atoms with van der Waals surface area (Å²) in [5.74, 6) is 0.793. The first-order valence-electron chi connectivity index (χ1n) is 6.64. The molecule has 1 aromatic carbocycles. The Balaban J connectivity index is 1.77.